The second-order valence-corrected chi connectivity index (χ2v) is 6.19. The molecule has 2 aliphatic rings. The summed E-state index contributed by atoms with van der Waals surface area (Å²) < 4.78 is 0. The van der Waals surface area contributed by atoms with Gasteiger partial charge >= 0.3 is 0 Å². The third-order valence-electron chi connectivity index (χ3n) is 4.60. The van der Waals surface area contributed by atoms with Gasteiger partial charge in [-0.25, -0.2) is 0 Å². The van der Waals surface area contributed by atoms with Crippen LogP contribution in [0.3, 0.4) is 0 Å². The molecule has 0 unspecified atom stereocenters. The van der Waals surface area contributed by atoms with Crippen LogP contribution in [0.25, 0.3) is 0 Å². The highest BCUT2D eigenvalue weighted by molar-refractivity contribution is 5.76. The van der Waals surface area contributed by atoms with Gasteiger partial charge < -0.3 is 10.4 Å². The summed E-state index contributed by atoms with van der Waals surface area (Å²) in [6.07, 6.45) is 11.0. The van der Waals surface area contributed by atoms with Gasteiger partial charge in [-0.2, -0.15) is 0 Å². The number of hydrogen-bond donors (Lipinski definition) is 2. The number of aliphatic hydroxyl groups is 1. The van der Waals surface area contributed by atoms with Crippen LogP contribution in [0.1, 0.15) is 64.2 Å². The van der Waals surface area contributed by atoms with E-state index in [-0.39, 0.29) is 12.0 Å². The molecule has 0 atom stereocenters. The predicted molar refractivity (Wildman–Crippen MR) is 72.2 cm³/mol. The summed E-state index contributed by atoms with van der Waals surface area (Å²) in [5.74, 6) is 1.46. The van der Waals surface area contributed by atoms with E-state index in [4.69, 9.17) is 0 Å². The number of carbonyl (C=O) groups is 1. The van der Waals surface area contributed by atoms with Crippen LogP contribution in [0.5, 0.6) is 0 Å². The minimum atomic E-state index is -0.0980. The average Bonchev–Trinajstić information content (AvgIpc) is 2.39. The highest BCUT2D eigenvalue weighted by atomic mass is 16.3. The minimum Gasteiger partial charge on any atom is -0.393 e. The number of hydrogen-bond acceptors (Lipinski definition) is 2. The smallest absolute Gasteiger partial charge is 0.220 e. The molecule has 2 rings (SSSR count). The van der Waals surface area contributed by atoms with E-state index < -0.39 is 0 Å². The van der Waals surface area contributed by atoms with Crippen LogP contribution in [0.15, 0.2) is 0 Å². The lowest BCUT2D eigenvalue weighted by atomic mass is 9.86. The zero-order valence-electron chi connectivity index (χ0n) is 11.4. The Balaban J connectivity index is 1.59. The van der Waals surface area contributed by atoms with E-state index in [0.717, 1.165) is 38.6 Å². The van der Waals surface area contributed by atoms with Crippen molar-refractivity contribution in [2.75, 3.05) is 6.54 Å². The molecule has 3 heteroatoms. The fourth-order valence-electron chi connectivity index (χ4n) is 3.33. The Morgan fingerprint density at radius 1 is 0.944 bits per heavy atom. The first-order chi connectivity index (χ1) is 8.74. The van der Waals surface area contributed by atoms with Crippen molar-refractivity contribution >= 4 is 5.91 Å². The van der Waals surface area contributed by atoms with Crippen molar-refractivity contribution in [3.05, 3.63) is 0 Å². The Labute approximate surface area is 110 Å². The average molecular weight is 253 g/mol. The van der Waals surface area contributed by atoms with Crippen molar-refractivity contribution in [1.29, 1.82) is 0 Å². The summed E-state index contributed by atoms with van der Waals surface area (Å²) >= 11 is 0. The maximum Gasteiger partial charge on any atom is 0.220 e. The molecule has 18 heavy (non-hydrogen) atoms. The van der Waals surface area contributed by atoms with E-state index in [1.807, 2.05) is 0 Å². The molecule has 2 saturated carbocycles. The van der Waals surface area contributed by atoms with Crippen molar-refractivity contribution in [3.8, 4) is 0 Å². The number of carbonyl (C=O) groups excluding carboxylic acids is 1. The van der Waals surface area contributed by atoms with Gasteiger partial charge in [0.05, 0.1) is 6.10 Å². The van der Waals surface area contributed by atoms with Crippen LogP contribution in [0, 0.1) is 11.8 Å². The van der Waals surface area contributed by atoms with Crippen molar-refractivity contribution < 1.29 is 9.90 Å². The Morgan fingerprint density at radius 3 is 2.28 bits per heavy atom. The van der Waals surface area contributed by atoms with Gasteiger partial charge in [0.15, 0.2) is 0 Å². The van der Waals surface area contributed by atoms with Gasteiger partial charge in [0.25, 0.3) is 0 Å². The van der Waals surface area contributed by atoms with Crippen LogP contribution in [-0.4, -0.2) is 23.7 Å². The zero-order chi connectivity index (χ0) is 12.8. The molecule has 2 N–H and O–H groups in total. The number of rotatable bonds is 4. The largest absolute Gasteiger partial charge is 0.393 e. The lowest BCUT2D eigenvalue weighted by Gasteiger charge is -2.26. The Hall–Kier alpha value is -0.570. The summed E-state index contributed by atoms with van der Waals surface area (Å²) in [7, 11) is 0. The first kappa shape index (κ1) is 13.9. The molecule has 0 aromatic carbocycles. The molecular formula is C15H27NO2. The molecule has 2 fully saturated rings. The topological polar surface area (TPSA) is 49.3 Å². The molecule has 0 bridgehead atoms. The maximum absolute atomic E-state index is 11.9. The molecular weight excluding hydrogens is 226 g/mol. The Kier molecular flexibility index (Phi) is 5.48. The SMILES string of the molecule is O=C(CC1CCCCC1)NCC1CCC(O)CC1. The lowest BCUT2D eigenvalue weighted by molar-refractivity contribution is -0.122. The highest BCUT2D eigenvalue weighted by Crippen LogP contribution is 2.26. The van der Waals surface area contributed by atoms with Crippen molar-refractivity contribution in [3.63, 3.8) is 0 Å². The lowest BCUT2D eigenvalue weighted by Crippen LogP contribution is -2.33. The molecule has 0 aliphatic heterocycles. The molecule has 0 radical (unpaired) electrons. The summed E-state index contributed by atoms with van der Waals surface area (Å²) in [5, 5.41) is 12.5. The first-order valence-corrected chi connectivity index (χ1v) is 7.69. The molecule has 2 aliphatic carbocycles. The van der Waals surface area contributed by atoms with Crippen molar-refractivity contribution in [1.82, 2.24) is 5.32 Å². The van der Waals surface area contributed by atoms with Gasteiger partial charge in [0.1, 0.15) is 0 Å². The van der Waals surface area contributed by atoms with Crippen LogP contribution in [0.2, 0.25) is 0 Å². The Bertz CT molecular complexity index is 253. The summed E-state index contributed by atoms with van der Waals surface area (Å²) in [6, 6.07) is 0. The predicted octanol–water partition coefficient (Wildman–Crippen LogP) is 2.62. The Morgan fingerprint density at radius 2 is 1.61 bits per heavy atom. The van der Waals surface area contributed by atoms with E-state index >= 15 is 0 Å². The van der Waals surface area contributed by atoms with Crippen molar-refractivity contribution in [2.45, 2.75) is 70.3 Å². The van der Waals surface area contributed by atoms with Gasteiger partial charge in [0.2, 0.25) is 5.91 Å². The molecule has 0 aromatic rings. The van der Waals surface area contributed by atoms with Gasteiger partial charge in [-0.1, -0.05) is 19.3 Å². The van der Waals surface area contributed by atoms with Crippen LogP contribution in [-0.2, 0) is 4.79 Å². The third-order valence-corrected chi connectivity index (χ3v) is 4.60. The highest BCUT2D eigenvalue weighted by Gasteiger charge is 2.21. The third kappa shape index (κ3) is 4.60. The van der Waals surface area contributed by atoms with Gasteiger partial charge in [-0.15, -0.1) is 0 Å². The van der Waals surface area contributed by atoms with E-state index in [9.17, 15) is 9.90 Å². The van der Waals surface area contributed by atoms with Gasteiger partial charge in [-0.05, 0) is 50.4 Å². The zero-order valence-corrected chi connectivity index (χ0v) is 11.4. The van der Waals surface area contributed by atoms with Crippen LogP contribution < -0.4 is 5.32 Å². The number of amides is 1. The molecule has 104 valence electrons. The standard InChI is InChI=1S/C15H27NO2/c17-14-8-6-13(7-9-14)11-16-15(18)10-12-4-2-1-3-5-12/h12-14,17H,1-11H2,(H,16,18). The van der Waals surface area contributed by atoms with Gasteiger partial charge in [-0.3, -0.25) is 4.79 Å². The quantitative estimate of drug-likeness (QED) is 0.809. The summed E-state index contributed by atoms with van der Waals surface area (Å²) in [4.78, 5) is 11.9. The van der Waals surface area contributed by atoms with Crippen molar-refractivity contribution in [2.24, 2.45) is 11.8 Å². The normalized spacial score (nSPS) is 30.1. The molecule has 3 nitrogen and oxygen atoms in total. The van der Waals surface area contributed by atoms with E-state index in [2.05, 4.69) is 5.32 Å². The maximum atomic E-state index is 11.9. The van der Waals surface area contributed by atoms with Crippen LogP contribution >= 0.6 is 0 Å². The first-order valence-electron chi connectivity index (χ1n) is 7.69. The van der Waals surface area contributed by atoms with E-state index in [1.54, 1.807) is 0 Å². The molecule has 0 spiro atoms. The summed E-state index contributed by atoms with van der Waals surface area (Å²) in [6.45, 7) is 0.818. The fraction of sp³-hybridized carbons (Fsp3) is 0.933. The molecule has 0 saturated heterocycles. The monoisotopic (exact) mass is 253 g/mol. The van der Waals surface area contributed by atoms with Gasteiger partial charge in [0, 0.05) is 13.0 Å². The second-order valence-electron chi connectivity index (χ2n) is 6.19. The second kappa shape index (κ2) is 7.13. The molecule has 1 amide bonds. The summed E-state index contributed by atoms with van der Waals surface area (Å²) in [5.41, 5.74) is 0. The molecule has 0 heterocycles. The van der Waals surface area contributed by atoms with E-state index in [1.165, 1.54) is 32.1 Å². The number of nitrogens with one attached hydrogen (secondary N) is 1. The fourth-order valence-corrected chi connectivity index (χ4v) is 3.33. The minimum absolute atomic E-state index is 0.0980. The molecule has 0 aromatic heterocycles. The number of aliphatic hydroxyl groups excluding tert-OH is 1. The van der Waals surface area contributed by atoms with Crippen LogP contribution in [0.4, 0.5) is 0 Å². The van der Waals surface area contributed by atoms with E-state index in [0.29, 0.717) is 11.8 Å².